The van der Waals surface area contributed by atoms with Gasteiger partial charge in [0.05, 0.1) is 20.5 Å². The summed E-state index contributed by atoms with van der Waals surface area (Å²) in [6, 6.07) is 3.43. The highest BCUT2D eigenvalue weighted by Gasteiger charge is 2.27. The van der Waals surface area contributed by atoms with Gasteiger partial charge in [-0.3, -0.25) is 0 Å². The number of hydrogen-bond acceptors (Lipinski definition) is 6. The minimum Gasteiger partial charge on any atom is -0.493 e. The summed E-state index contributed by atoms with van der Waals surface area (Å²) in [6.07, 6.45) is 3.94. The number of ether oxygens (including phenoxy) is 2. The number of fused-ring (bicyclic) bond motifs is 1. The van der Waals surface area contributed by atoms with Crippen molar-refractivity contribution >= 4 is 34.3 Å². The van der Waals surface area contributed by atoms with Gasteiger partial charge >= 0.3 is 0 Å². The average Bonchev–Trinajstić information content (AvgIpc) is 3.36. The Morgan fingerprint density at radius 2 is 1.88 bits per heavy atom. The first kappa shape index (κ1) is 15.9. The van der Waals surface area contributed by atoms with E-state index in [1.165, 1.54) is 26.4 Å². The van der Waals surface area contributed by atoms with E-state index < -0.39 is 5.82 Å². The van der Waals surface area contributed by atoms with Crippen LogP contribution in [-0.2, 0) is 0 Å². The zero-order valence-electron chi connectivity index (χ0n) is 13.6. The van der Waals surface area contributed by atoms with Crippen LogP contribution < -0.4 is 14.8 Å². The number of anilines is 2. The third-order valence-corrected chi connectivity index (χ3v) is 4.21. The van der Waals surface area contributed by atoms with Crippen LogP contribution in [0.2, 0.25) is 5.28 Å². The van der Waals surface area contributed by atoms with Crippen molar-refractivity contribution in [1.29, 1.82) is 0 Å². The SMILES string of the molecule is COc1cc(Nc2nc(Cl)nc3c2ncn3C2CC2)cc(OC)c1F. The lowest BCUT2D eigenvalue weighted by Gasteiger charge is -2.12. The molecule has 130 valence electrons. The summed E-state index contributed by atoms with van der Waals surface area (Å²) in [6.45, 7) is 0. The molecule has 1 N–H and O–H groups in total. The van der Waals surface area contributed by atoms with Crippen molar-refractivity contribution in [3.05, 3.63) is 29.6 Å². The fourth-order valence-corrected chi connectivity index (χ4v) is 2.84. The molecular weight excluding hydrogens is 349 g/mol. The first-order valence-electron chi connectivity index (χ1n) is 7.69. The number of methoxy groups -OCH3 is 2. The molecule has 25 heavy (non-hydrogen) atoms. The molecular formula is C16H15ClFN5O2. The second kappa shape index (κ2) is 6.03. The molecule has 0 saturated heterocycles. The summed E-state index contributed by atoms with van der Waals surface area (Å²) in [5.41, 5.74) is 1.80. The van der Waals surface area contributed by atoms with Gasteiger partial charge in [0.15, 0.2) is 28.5 Å². The van der Waals surface area contributed by atoms with Gasteiger partial charge in [0, 0.05) is 23.9 Å². The van der Waals surface area contributed by atoms with Crippen LogP contribution in [0.15, 0.2) is 18.5 Å². The van der Waals surface area contributed by atoms with Gasteiger partial charge in [-0.15, -0.1) is 0 Å². The summed E-state index contributed by atoms with van der Waals surface area (Å²) in [7, 11) is 2.78. The molecule has 0 atom stereocenters. The minimum absolute atomic E-state index is 0.0572. The van der Waals surface area contributed by atoms with Gasteiger partial charge in [-0.25, -0.2) is 4.98 Å². The number of hydrogen-bond donors (Lipinski definition) is 1. The van der Waals surface area contributed by atoms with Crippen molar-refractivity contribution < 1.29 is 13.9 Å². The Morgan fingerprint density at radius 1 is 1.20 bits per heavy atom. The highest BCUT2D eigenvalue weighted by atomic mass is 35.5. The summed E-state index contributed by atoms with van der Waals surface area (Å²) in [5.74, 6) is -0.0203. The van der Waals surface area contributed by atoms with Crippen molar-refractivity contribution in [2.45, 2.75) is 18.9 Å². The van der Waals surface area contributed by atoms with Gasteiger partial charge in [-0.1, -0.05) is 0 Å². The third kappa shape index (κ3) is 2.82. The Hall–Kier alpha value is -2.61. The van der Waals surface area contributed by atoms with Gasteiger partial charge in [0.1, 0.15) is 0 Å². The Bertz CT molecular complexity index is 932. The number of nitrogens with one attached hydrogen (secondary N) is 1. The number of halogens is 2. The van der Waals surface area contributed by atoms with Gasteiger partial charge in [0.2, 0.25) is 11.1 Å². The van der Waals surface area contributed by atoms with Crippen molar-refractivity contribution in [3.63, 3.8) is 0 Å². The second-order valence-corrected chi connectivity index (χ2v) is 6.05. The van der Waals surface area contributed by atoms with Crippen molar-refractivity contribution in [2.24, 2.45) is 0 Å². The van der Waals surface area contributed by atoms with E-state index in [0.717, 1.165) is 12.8 Å². The molecule has 0 amide bonds. The van der Waals surface area contributed by atoms with E-state index in [4.69, 9.17) is 21.1 Å². The molecule has 1 aliphatic carbocycles. The molecule has 9 heteroatoms. The molecule has 0 aliphatic heterocycles. The van der Waals surface area contributed by atoms with Gasteiger partial charge < -0.3 is 19.4 Å². The quantitative estimate of drug-likeness (QED) is 0.696. The van der Waals surface area contributed by atoms with Crippen LogP contribution in [0, 0.1) is 5.82 Å². The standard InChI is InChI=1S/C16H15ClFN5O2/c1-24-10-5-8(6-11(25-2)12(10)18)20-14-13-15(22-16(17)21-14)23(7-19-13)9-3-4-9/h5-7,9H,3-4H2,1-2H3,(H,20,21,22). The Balaban J connectivity index is 1.78. The summed E-state index contributed by atoms with van der Waals surface area (Å²) in [5, 5.41) is 3.21. The number of rotatable bonds is 5. The lowest BCUT2D eigenvalue weighted by molar-refractivity contribution is 0.351. The maximum absolute atomic E-state index is 14.1. The Morgan fingerprint density at radius 3 is 2.48 bits per heavy atom. The largest absolute Gasteiger partial charge is 0.493 e. The third-order valence-electron chi connectivity index (χ3n) is 4.04. The van der Waals surface area contributed by atoms with E-state index in [0.29, 0.717) is 28.7 Å². The van der Waals surface area contributed by atoms with Crippen LogP contribution in [0.3, 0.4) is 0 Å². The fourth-order valence-electron chi connectivity index (χ4n) is 2.68. The molecule has 2 heterocycles. The zero-order chi connectivity index (χ0) is 17.6. The van der Waals surface area contributed by atoms with E-state index in [2.05, 4.69) is 20.3 Å². The van der Waals surface area contributed by atoms with Crippen LogP contribution in [0.5, 0.6) is 11.5 Å². The topological polar surface area (TPSA) is 74.1 Å². The van der Waals surface area contributed by atoms with E-state index in [1.807, 2.05) is 4.57 Å². The van der Waals surface area contributed by atoms with Crippen molar-refractivity contribution in [1.82, 2.24) is 19.5 Å². The van der Waals surface area contributed by atoms with E-state index in [-0.39, 0.29) is 16.8 Å². The van der Waals surface area contributed by atoms with Crippen LogP contribution >= 0.6 is 11.6 Å². The molecule has 0 unspecified atom stereocenters. The molecule has 0 spiro atoms. The molecule has 2 aromatic heterocycles. The smallest absolute Gasteiger partial charge is 0.226 e. The van der Waals surface area contributed by atoms with Crippen LogP contribution in [0.1, 0.15) is 18.9 Å². The maximum atomic E-state index is 14.1. The van der Waals surface area contributed by atoms with Gasteiger partial charge in [-0.05, 0) is 24.4 Å². The molecule has 1 fully saturated rings. The highest BCUT2D eigenvalue weighted by Crippen LogP contribution is 2.38. The molecule has 0 radical (unpaired) electrons. The van der Waals surface area contributed by atoms with Crippen LogP contribution in [-0.4, -0.2) is 33.7 Å². The molecule has 1 aliphatic rings. The first-order valence-corrected chi connectivity index (χ1v) is 8.07. The predicted octanol–water partition coefficient (Wildman–Crippen LogP) is 3.71. The van der Waals surface area contributed by atoms with Crippen molar-refractivity contribution in [3.8, 4) is 11.5 Å². The van der Waals surface area contributed by atoms with Crippen LogP contribution in [0.25, 0.3) is 11.2 Å². The fraction of sp³-hybridized carbons (Fsp3) is 0.312. The maximum Gasteiger partial charge on any atom is 0.226 e. The molecule has 4 rings (SSSR count). The molecule has 0 bridgehead atoms. The monoisotopic (exact) mass is 363 g/mol. The normalized spacial score (nSPS) is 13.9. The lowest BCUT2D eigenvalue weighted by atomic mass is 10.2. The van der Waals surface area contributed by atoms with E-state index in [1.54, 1.807) is 6.33 Å². The molecule has 3 aromatic rings. The van der Waals surface area contributed by atoms with E-state index >= 15 is 0 Å². The number of aromatic nitrogens is 4. The average molecular weight is 364 g/mol. The Kier molecular flexibility index (Phi) is 3.84. The molecule has 1 aromatic carbocycles. The molecule has 7 nitrogen and oxygen atoms in total. The summed E-state index contributed by atoms with van der Waals surface area (Å²) in [4.78, 5) is 12.9. The molecule has 1 saturated carbocycles. The van der Waals surface area contributed by atoms with Gasteiger partial charge in [-0.2, -0.15) is 14.4 Å². The number of imidazole rings is 1. The first-order chi connectivity index (χ1) is 12.1. The summed E-state index contributed by atoms with van der Waals surface area (Å²) < 4.78 is 26.2. The predicted molar refractivity (Wildman–Crippen MR) is 91.4 cm³/mol. The van der Waals surface area contributed by atoms with Gasteiger partial charge in [0.25, 0.3) is 0 Å². The lowest BCUT2D eigenvalue weighted by Crippen LogP contribution is -2.01. The van der Waals surface area contributed by atoms with Crippen LogP contribution in [0.4, 0.5) is 15.9 Å². The number of benzene rings is 1. The summed E-state index contributed by atoms with van der Waals surface area (Å²) >= 11 is 6.07. The Labute approximate surface area is 147 Å². The zero-order valence-corrected chi connectivity index (χ0v) is 14.3. The second-order valence-electron chi connectivity index (χ2n) is 5.72. The number of nitrogens with zero attached hydrogens (tertiary/aromatic N) is 4. The highest BCUT2D eigenvalue weighted by molar-refractivity contribution is 6.28. The minimum atomic E-state index is -0.570. The van der Waals surface area contributed by atoms with Crippen molar-refractivity contribution in [2.75, 3.05) is 19.5 Å². The van der Waals surface area contributed by atoms with E-state index in [9.17, 15) is 4.39 Å².